The highest BCUT2D eigenvalue weighted by Gasteiger charge is 2.39. The molecular weight excluding hydrogens is 372 g/mol. The Morgan fingerprint density at radius 3 is 2.32 bits per heavy atom. The van der Waals surface area contributed by atoms with Gasteiger partial charge in [-0.2, -0.15) is 0 Å². The summed E-state index contributed by atoms with van der Waals surface area (Å²) in [6.45, 7) is 15.8. The van der Waals surface area contributed by atoms with E-state index in [1.807, 2.05) is 24.3 Å². The molecule has 1 heterocycles. The number of nitrogens with zero attached hydrogens (tertiary/aromatic N) is 2. The highest BCUT2D eigenvalue weighted by atomic mass is 28.4. The normalized spacial score (nSPS) is 12.7. The van der Waals surface area contributed by atoms with Gasteiger partial charge in [0.1, 0.15) is 5.75 Å². The van der Waals surface area contributed by atoms with Gasteiger partial charge in [0.15, 0.2) is 8.32 Å². The number of para-hydroxylation sites is 1. The Balaban J connectivity index is 2.32. The summed E-state index contributed by atoms with van der Waals surface area (Å²) < 4.78 is 12.3. The Hall–Kier alpha value is -2.25. The van der Waals surface area contributed by atoms with E-state index < -0.39 is 13.2 Å². The van der Waals surface area contributed by atoms with Crippen LogP contribution in [0.1, 0.15) is 40.2 Å². The summed E-state index contributed by atoms with van der Waals surface area (Å²) in [7, 11) is -1.91. The minimum atomic E-state index is -1.91. The maximum atomic E-state index is 11.3. The van der Waals surface area contributed by atoms with Crippen LogP contribution in [0, 0.1) is 10.1 Å². The molecule has 0 spiro atoms. The Bertz CT molecular complexity index is 844. The first-order valence-electron chi connectivity index (χ1n) is 9.36. The molecule has 0 aliphatic heterocycles. The van der Waals surface area contributed by atoms with Crippen LogP contribution in [-0.2, 0) is 9.84 Å². The minimum Gasteiger partial charge on any atom is -0.433 e. The molecule has 0 saturated carbocycles. The lowest BCUT2D eigenvalue weighted by molar-refractivity contribution is -0.386. The summed E-state index contributed by atoms with van der Waals surface area (Å²) in [5.74, 6) is 0.536. The number of aromatic nitrogens is 1. The average molecular weight is 403 g/mol. The largest absolute Gasteiger partial charge is 0.433 e. The van der Waals surface area contributed by atoms with Crippen molar-refractivity contribution in [3.63, 3.8) is 0 Å². The Kier molecular flexibility index (Phi) is 6.30. The van der Waals surface area contributed by atoms with Crippen molar-refractivity contribution in [2.24, 2.45) is 0 Å². The van der Waals surface area contributed by atoms with Gasteiger partial charge in [0, 0.05) is 29.8 Å². The summed E-state index contributed by atoms with van der Waals surface area (Å²) >= 11 is 0. The molecule has 0 aliphatic carbocycles. The van der Waals surface area contributed by atoms with Crippen LogP contribution in [0.5, 0.6) is 11.6 Å². The number of rotatable bonds is 7. The molecule has 0 saturated heterocycles. The lowest BCUT2D eigenvalue weighted by Crippen LogP contribution is -2.44. The van der Waals surface area contributed by atoms with Crippen molar-refractivity contribution in [2.75, 3.05) is 6.61 Å². The summed E-state index contributed by atoms with van der Waals surface area (Å²) in [5, 5.41) is 11.4. The first kappa shape index (κ1) is 22.0. The Morgan fingerprint density at radius 1 is 1.07 bits per heavy atom. The van der Waals surface area contributed by atoms with E-state index in [0.29, 0.717) is 12.4 Å². The minimum absolute atomic E-state index is 0.0129. The molecule has 28 heavy (non-hydrogen) atoms. The van der Waals surface area contributed by atoms with Crippen LogP contribution in [0.4, 0.5) is 5.69 Å². The highest BCUT2D eigenvalue weighted by Crippen LogP contribution is 2.40. The molecule has 0 unspecified atom stereocenters. The number of hydrogen-bond acceptors (Lipinski definition) is 5. The van der Waals surface area contributed by atoms with Crippen molar-refractivity contribution in [1.29, 1.82) is 0 Å². The van der Waals surface area contributed by atoms with E-state index in [9.17, 15) is 10.1 Å². The number of hydrogen-bond donors (Lipinski definition) is 0. The van der Waals surface area contributed by atoms with Gasteiger partial charge in [-0.15, -0.1) is 0 Å². The fourth-order valence-corrected chi connectivity index (χ4v) is 3.63. The summed E-state index contributed by atoms with van der Waals surface area (Å²) in [4.78, 5) is 14.8. The highest BCUT2D eigenvalue weighted by molar-refractivity contribution is 6.74. The second-order valence-corrected chi connectivity index (χ2v) is 13.9. The van der Waals surface area contributed by atoms with Crippen molar-refractivity contribution < 1.29 is 14.1 Å². The molecule has 2 aromatic rings. The monoisotopic (exact) mass is 402 g/mol. The third-order valence-corrected chi connectivity index (χ3v) is 9.85. The van der Waals surface area contributed by atoms with Gasteiger partial charge < -0.3 is 9.16 Å². The van der Waals surface area contributed by atoms with Crippen LogP contribution < -0.4 is 4.74 Å². The molecule has 0 bridgehead atoms. The number of benzene rings is 1. The molecule has 2 rings (SSSR count). The first-order chi connectivity index (χ1) is 12.8. The summed E-state index contributed by atoms with van der Waals surface area (Å²) in [6, 6.07) is 10.5. The van der Waals surface area contributed by atoms with Crippen LogP contribution in [0.3, 0.4) is 0 Å². The quantitative estimate of drug-likeness (QED) is 0.319. The lowest BCUT2D eigenvalue weighted by Gasteiger charge is -2.39. The van der Waals surface area contributed by atoms with Gasteiger partial charge in [0.2, 0.25) is 0 Å². The molecule has 0 atom stereocenters. The van der Waals surface area contributed by atoms with Crippen LogP contribution in [0.15, 0.2) is 42.6 Å². The molecule has 1 aromatic heterocycles. The van der Waals surface area contributed by atoms with Crippen LogP contribution in [-0.4, -0.2) is 24.8 Å². The fourth-order valence-electron chi connectivity index (χ4n) is 2.47. The van der Waals surface area contributed by atoms with Crippen molar-refractivity contribution in [2.45, 2.75) is 58.2 Å². The zero-order chi connectivity index (χ0) is 21.2. The van der Waals surface area contributed by atoms with E-state index >= 15 is 0 Å². The van der Waals surface area contributed by atoms with Crippen molar-refractivity contribution in [1.82, 2.24) is 4.98 Å². The van der Waals surface area contributed by atoms with E-state index in [4.69, 9.17) is 9.16 Å². The number of nitro groups is 1. The van der Waals surface area contributed by atoms with Gasteiger partial charge in [0.05, 0.1) is 4.92 Å². The first-order valence-corrected chi connectivity index (χ1v) is 12.3. The molecular formula is C21H30N2O4Si. The summed E-state index contributed by atoms with van der Waals surface area (Å²) in [6.07, 6.45) is 1.48. The topological polar surface area (TPSA) is 74.5 Å². The second-order valence-electron chi connectivity index (χ2n) is 9.12. The van der Waals surface area contributed by atoms with Crippen LogP contribution >= 0.6 is 0 Å². The van der Waals surface area contributed by atoms with E-state index in [2.05, 4.69) is 52.7 Å². The van der Waals surface area contributed by atoms with Gasteiger partial charge in [-0.25, -0.2) is 4.98 Å². The third-order valence-electron chi connectivity index (χ3n) is 5.37. The molecule has 152 valence electrons. The molecule has 0 radical (unpaired) electrons. The summed E-state index contributed by atoms with van der Waals surface area (Å²) in [5.41, 5.74) is 0.427. The second kappa shape index (κ2) is 8.01. The van der Waals surface area contributed by atoms with Crippen molar-refractivity contribution in [3.8, 4) is 11.6 Å². The number of pyridine rings is 1. The van der Waals surface area contributed by atoms with Gasteiger partial charge >= 0.3 is 5.69 Å². The molecule has 0 fully saturated rings. The predicted molar refractivity (Wildman–Crippen MR) is 114 cm³/mol. The van der Waals surface area contributed by atoms with E-state index in [-0.39, 0.29) is 22.0 Å². The maximum absolute atomic E-state index is 11.3. The van der Waals surface area contributed by atoms with Crippen LogP contribution in [0.25, 0.3) is 0 Å². The standard InChI is InChI=1S/C21H30N2O4Si/c1-20(2,3)28(6,7)26-15-21(4,5)16-11-8-9-13-18(16)27-19-17(23(24)25)12-10-14-22-19/h8-14H,15H2,1-7H3. The molecule has 0 N–H and O–H groups in total. The lowest BCUT2D eigenvalue weighted by atomic mass is 9.85. The Labute approximate surface area is 168 Å². The zero-order valence-corrected chi connectivity index (χ0v) is 18.8. The molecule has 6 nitrogen and oxygen atoms in total. The van der Waals surface area contributed by atoms with Crippen molar-refractivity contribution >= 4 is 14.0 Å². The average Bonchev–Trinajstić information content (AvgIpc) is 2.60. The van der Waals surface area contributed by atoms with Crippen LogP contribution in [0.2, 0.25) is 18.1 Å². The fraction of sp³-hybridized carbons (Fsp3) is 0.476. The van der Waals surface area contributed by atoms with Crippen molar-refractivity contribution in [3.05, 3.63) is 58.3 Å². The van der Waals surface area contributed by atoms with Gasteiger partial charge in [-0.1, -0.05) is 52.8 Å². The van der Waals surface area contributed by atoms with E-state index in [1.165, 1.54) is 18.3 Å². The predicted octanol–water partition coefficient (Wildman–Crippen LogP) is 6.08. The SMILES string of the molecule is CC(C)(CO[Si](C)(C)C(C)(C)C)c1ccccc1Oc1ncccc1[N+](=O)[O-]. The van der Waals surface area contributed by atoms with Gasteiger partial charge in [-0.3, -0.25) is 10.1 Å². The maximum Gasteiger partial charge on any atom is 0.331 e. The molecule has 7 heteroatoms. The van der Waals surface area contributed by atoms with Gasteiger partial charge in [0.25, 0.3) is 5.88 Å². The smallest absolute Gasteiger partial charge is 0.331 e. The van der Waals surface area contributed by atoms with E-state index in [0.717, 1.165) is 5.56 Å². The molecule has 0 amide bonds. The molecule has 1 aromatic carbocycles. The Morgan fingerprint density at radius 2 is 1.71 bits per heavy atom. The number of ether oxygens (including phenoxy) is 1. The van der Waals surface area contributed by atoms with Gasteiger partial charge in [-0.05, 0) is 30.3 Å². The zero-order valence-electron chi connectivity index (χ0n) is 17.8. The van der Waals surface area contributed by atoms with E-state index in [1.54, 1.807) is 0 Å². The molecule has 0 aliphatic rings. The third kappa shape index (κ3) is 4.96.